The van der Waals surface area contributed by atoms with Gasteiger partial charge in [0.15, 0.2) is 0 Å². The molecule has 62 valence electrons. The van der Waals surface area contributed by atoms with Crippen molar-refractivity contribution < 1.29 is 4.42 Å². The number of nitrogens with zero attached hydrogens (tertiary/aromatic N) is 1. The molecule has 0 bridgehead atoms. The van der Waals surface area contributed by atoms with Gasteiger partial charge in [0.2, 0.25) is 0 Å². The molecule has 1 unspecified atom stereocenters. The summed E-state index contributed by atoms with van der Waals surface area (Å²) < 4.78 is 4.96. The lowest BCUT2D eigenvalue weighted by Crippen LogP contribution is -2.32. The minimum Gasteiger partial charge on any atom is -0.472 e. The van der Waals surface area contributed by atoms with E-state index in [1.54, 1.807) is 12.5 Å². The van der Waals surface area contributed by atoms with Crippen molar-refractivity contribution >= 4 is 0 Å². The first-order valence-electron chi connectivity index (χ1n) is 3.65. The van der Waals surface area contributed by atoms with Crippen molar-refractivity contribution in [1.29, 1.82) is 0 Å². The fraction of sp³-hybridized carbons (Fsp3) is 0.500. The second-order valence-electron chi connectivity index (χ2n) is 2.80. The van der Waals surface area contributed by atoms with Crippen molar-refractivity contribution in [1.82, 2.24) is 10.4 Å². The Morgan fingerprint density at radius 2 is 2.27 bits per heavy atom. The molecule has 1 rings (SSSR count). The first-order chi connectivity index (χ1) is 5.20. The highest BCUT2D eigenvalue weighted by molar-refractivity contribution is 5.09. The van der Waals surface area contributed by atoms with Crippen LogP contribution in [0, 0.1) is 0 Å². The van der Waals surface area contributed by atoms with E-state index in [2.05, 4.69) is 12.3 Å². The van der Waals surface area contributed by atoms with E-state index in [9.17, 15) is 0 Å². The standard InChI is InChI=1S/C8H14N2O/c1-7(9-10(2)3)8-4-5-11-6-8/h4-7,9H,1-3H3. The molecule has 11 heavy (non-hydrogen) atoms. The number of nitrogens with one attached hydrogen (secondary N) is 1. The lowest BCUT2D eigenvalue weighted by molar-refractivity contribution is 0.251. The van der Waals surface area contributed by atoms with Crippen LogP contribution in [0.4, 0.5) is 0 Å². The molecule has 0 aliphatic carbocycles. The fourth-order valence-corrected chi connectivity index (χ4v) is 0.983. The van der Waals surface area contributed by atoms with E-state index >= 15 is 0 Å². The Labute approximate surface area is 67.0 Å². The molecule has 1 aromatic rings. The van der Waals surface area contributed by atoms with Crippen LogP contribution in [-0.4, -0.2) is 19.1 Å². The Morgan fingerprint density at radius 1 is 1.55 bits per heavy atom. The molecule has 0 amide bonds. The van der Waals surface area contributed by atoms with Crippen LogP contribution in [0.5, 0.6) is 0 Å². The molecule has 3 nitrogen and oxygen atoms in total. The number of hydrazine groups is 1. The quantitative estimate of drug-likeness (QED) is 0.667. The highest BCUT2D eigenvalue weighted by atomic mass is 16.3. The molecule has 0 fully saturated rings. The Balaban J connectivity index is 2.49. The van der Waals surface area contributed by atoms with Crippen LogP contribution in [0.15, 0.2) is 23.0 Å². The van der Waals surface area contributed by atoms with E-state index < -0.39 is 0 Å². The van der Waals surface area contributed by atoms with Gasteiger partial charge in [-0.05, 0) is 13.0 Å². The van der Waals surface area contributed by atoms with Gasteiger partial charge in [0.05, 0.1) is 12.5 Å². The van der Waals surface area contributed by atoms with Crippen LogP contribution >= 0.6 is 0 Å². The molecule has 1 aromatic heterocycles. The molecule has 0 aromatic carbocycles. The molecule has 0 aliphatic heterocycles. The maximum Gasteiger partial charge on any atom is 0.0950 e. The lowest BCUT2D eigenvalue weighted by Gasteiger charge is -2.17. The molecule has 3 heteroatoms. The molecule has 1 N–H and O–H groups in total. The van der Waals surface area contributed by atoms with Crippen LogP contribution in [0.3, 0.4) is 0 Å². The van der Waals surface area contributed by atoms with E-state index in [0.29, 0.717) is 6.04 Å². The molecule has 0 saturated heterocycles. The van der Waals surface area contributed by atoms with Gasteiger partial charge in [-0.3, -0.25) is 5.01 Å². The van der Waals surface area contributed by atoms with Gasteiger partial charge >= 0.3 is 0 Å². The predicted octanol–water partition coefficient (Wildman–Crippen LogP) is 1.41. The van der Waals surface area contributed by atoms with Crippen molar-refractivity contribution in [2.75, 3.05) is 14.1 Å². The smallest absolute Gasteiger partial charge is 0.0950 e. The topological polar surface area (TPSA) is 28.4 Å². The summed E-state index contributed by atoms with van der Waals surface area (Å²) in [7, 11) is 3.94. The van der Waals surface area contributed by atoms with Crippen LogP contribution in [0.1, 0.15) is 18.5 Å². The summed E-state index contributed by atoms with van der Waals surface area (Å²) in [5.41, 5.74) is 4.38. The number of furan rings is 1. The lowest BCUT2D eigenvalue weighted by atomic mass is 10.2. The second-order valence-corrected chi connectivity index (χ2v) is 2.80. The summed E-state index contributed by atoms with van der Waals surface area (Å²) in [6.07, 6.45) is 3.43. The highest BCUT2D eigenvalue weighted by Crippen LogP contribution is 2.11. The molecular weight excluding hydrogens is 140 g/mol. The van der Waals surface area contributed by atoms with Gasteiger partial charge in [-0.15, -0.1) is 0 Å². The average molecular weight is 154 g/mol. The third-order valence-corrected chi connectivity index (χ3v) is 1.50. The first-order valence-corrected chi connectivity index (χ1v) is 3.65. The summed E-state index contributed by atoms with van der Waals surface area (Å²) in [4.78, 5) is 0. The van der Waals surface area contributed by atoms with Crippen molar-refractivity contribution in [3.8, 4) is 0 Å². The monoisotopic (exact) mass is 154 g/mol. The van der Waals surface area contributed by atoms with Crippen molar-refractivity contribution in [2.24, 2.45) is 0 Å². The Bertz CT molecular complexity index is 194. The number of hydrogen-bond acceptors (Lipinski definition) is 3. The Kier molecular flexibility index (Phi) is 2.68. The van der Waals surface area contributed by atoms with E-state index in [1.807, 2.05) is 25.2 Å². The summed E-state index contributed by atoms with van der Waals surface area (Å²) in [5.74, 6) is 0. The Hall–Kier alpha value is -0.800. The Morgan fingerprint density at radius 3 is 2.73 bits per heavy atom. The molecule has 1 atom stereocenters. The number of rotatable bonds is 3. The molecule has 0 spiro atoms. The third-order valence-electron chi connectivity index (χ3n) is 1.50. The zero-order valence-corrected chi connectivity index (χ0v) is 7.16. The highest BCUT2D eigenvalue weighted by Gasteiger charge is 2.05. The third kappa shape index (κ3) is 2.37. The minimum atomic E-state index is 0.309. The zero-order valence-electron chi connectivity index (χ0n) is 7.16. The second kappa shape index (κ2) is 3.55. The van der Waals surface area contributed by atoms with Crippen molar-refractivity contribution in [3.63, 3.8) is 0 Å². The van der Waals surface area contributed by atoms with Crippen LogP contribution < -0.4 is 5.43 Å². The summed E-state index contributed by atoms with van der Waals surface area (Å²) in [6.45, 7) is 2.09. The van der Waals surface area contributed by atoms with E-state index in [4.69, 9.17) is 4.42 Å². The SMILES string of the molecule is CC(NN(C)C)c1ccoc1. The average Bonchev–Trinajstić information content (AvgIpc) is 2.35. The summed E-state index contributed by atoms with van der Waals surface area (Å²) >= 11 is 0. The van der Waals surface area contributed by atoms with Gasteiger partial charge in [0, 0.05) is 25.7 Å². The number of hydrogen-bond donors (Lipinski definition) is 1. The summed E-state index contributed by atoms with van der Waals surface area (Å²) in [6, 6.07) is 2.27. The van der Waals surface area contributed by atoms with Gasteiger partial charge in [0.25, 0.3) is 0 Å². The molecule has 0 saturated carbocycles. The maximum atomic E-state index is 4.96. The van der Waals surface area contributed by atoms with Crippen LogP contribution in [-0.2, 0) is 0 Å². The molecular formula is C8H14N2O. The maximum absolute atomic E-state index is 4.96. The van der Waals surface area contributed by atoms with Gasteiger partial charge in [-0.1, -0.05) is 0 Å². The van der Waals surface area contributed by atoms with Gasteiger partial charge in [-0.2, -0.15) is 0 Å². The van der Waals surface area contributed by atoms with Crippen molar-refractivity contribution in [3.05, 3.63) is 24.2 Å². The molecule has 0 aliphatic rings. The molecule has 0 radical (unpaired) electrons. The fourth-order valence-electron chi connectivity index (χ4n) is 0.983. The largest absolute Gasteiger partial charge is 0.472 e. The van der Waals surface area contributed by atoms with Gasteiger partial charge in [-0.25, -0.2) is 5.43 Å². The normalized spacial score (nSPS) is 13.8. The minimum absolute atomic E-state index is 0.309. The predicted molar refractivity (Wildman–Crippen MR) is 43.9 cm³/mol. The van der Waals surface area contributed by atoms with Gasteiger partial charge < -0.3 is 4.42 Å². The van der Waals surface area contributed by atoms with Crippen molar-refractivity contribution in [2.45, 2.75) is 13.0 Å². The first kappa shape index (κ1) is 8.30. The van der Waals surface area contributed by atoms with E-state index in [0.717, 1.165) is 0 Å². The van der Waals surface area contributed by atoms with Gasteiger partial charge in [0.1, 0.15) is 0 Å². The van der Waals surface area contributed by atoms with Crippen LogP contribution in [0.2, 0.25) is 0 Å². The van der Waals surface area contributed by atoms with Crippen LogP contribution in [0.25, 0.3) is 0 Å². The molecule has 1 heterocycles. The van der Waals surface area contributed by atoms with E-state index in [1.165, 1.54) is 5.56 Å². The summed E-state index contributed by atoms with van der Waals surface area (Å²) in [5, 5.41) is 1.93. The van der Waals surface area contributed by atoms with E-state index in [-0.39, 0.29) is 0 Å². The zero-order chi connectivity index (χ0) is 8.27.